The molecular formula is C11H23N3O2. The minimum atomic E-state index is -0.160. The Morgan fingerprint density at radius 1 is 1.12 bits per heavy atom. The summed E-state index contributed by atoms with van der Waals surface area (Å²) in [5, 5.41) is 5.23. The number of hydrogen-bond acceptors (Lipinski definition) is 3. The summed E-state index contributed by atoms with van der Waals surface area (Å²) < 4.78 is 0. The molecule has 0 aliphatic heterocycles. The van der Waals surface area contributed by atoms with E-state index in [-0.39, 0.29) is 30.8 Å². The number of rotatable bonds is 8. The van der Waals surface area contributed by atoms with Crippen molar-refractivity contribution in [1.29, 1.82) is 0 Å². The van der Waals surface area contributed by atoms with Crippen LogP contribution in [-0.4, -0.2) is 30.9 Å². The number of hydrogen-bond donors (Lipinski definition) is 3. The van der Waals surface area contributed by atoms with Crippen LogP contribution in [0, 0.1) is 0 Å². The highest BCUT2D eigenvalue weighted by Crippen LogP contribution is 1.97. The second-order valence-electron chi connectivity index (χ2n) is 3.88. The third-order valence-electron chi connectivity index (χ3n) is 2.13. The molecule has 0 fully saturated rings. The van der Waals surface area contributed by atoms with Crippen molar-refractivity contribution in [2.45, 2.75) is 45.6 Å². The Balaban J connectivity index is 3.60. The van der Waals surface area contributed by atoms with Crippen LogP contribution in [0.15, 0.2) is 0 Å². The minimum absolute atomic E-state index is 0.0394. The zero-order valence-electron chi connectivity index (χ0n) is 10.2. The molecule has 0 spiro atoms. The molecule has 16 heavy (non-hydrogen) atoms. The van der Waals surface area contributed by atoms with Crippen LogP contribution in [0.4, 0.5) is 0 Å². The van der Waals surface area contributed by atoms with Crippen LogP contribution in [0.25, 0.3) is 0 Å². The predicted molar refractivity (Wildman–Crippen MR) is 63.8 cm³/mol. The lowest BCUT2D eigenvalue weighted by atomic mass is 10.1. The normalized spacial score (nSPS) is 11.9. The van der Waals surface area contributed by atoms with Gasteiger partial charge in [-0.1, -0.05) is 20.3 Å². The van der Waals surface area contributed by atoms with Gasteiger partial charge in [-0.3, -0.25) is 9.59 Å². The topological polar surface area (TPSA) is 84.2 Å². The van der Waals surface area contributed by atoms with Crippen molar-refractivity contribution < 1.29 is 9.59 Å². The number of amides is 2. The van der Waals surface area contributed by atoms with Crippen molar-refractivity contribution in [2.24, 2.45) is 5.73 Å². The van der Waals surface area contributed by atoms with Crippen molar-refractivity contribution in [1.82, 2.24) is 10.6 Å². The zero-order chi connectivity index (χ0) is 12.4. The van der Waals surface area contributed by atoms with E-state index in [1.54, 1.807) is 0 Å². The van der Waals surface area contributed by atoms with Gasteiger partial charge in [-0.25, -0.2) is 0 Å². The Hall–Kier alpha value is -1.10. The van der Waals surface area contributed by atoms with Crippen LogP contribution in [-0.2, 0) is 9.59 Å². The third kappa shape index (κ3) is 8.23. The lowest BCUT2D eigenvalue weighted by molar-refractivity contribution is -0.126. The van der Waals surface area contributed by atoms with Crippen LogP contribution >= 0.6 is 0 Å². The number of nitrogens with one attached hydrogen (secondary N) is 2. The molecule has 0 aliphatic carbocycles. The van der Waals surface area contributed by atoms with Crippen molar-refractivity contribution in [3.63, 3.8) is 0 Å². The monoisotopic (exact) mass is 229 g/mol. The van der Waals surface area contributed by atoms with E-state index in [0.29, 0.717) is 6.54 Å². The number of nitrogens with two attached hydrogens (primary N) is 1. The van der Waals surface area contributed by atoms with Gasteiger partial charge in [0.15, 0.2) is 0 Å². The number of carbonyl (C=O) groups is 2. The van der Waals surface area contributed by atoms with Gasteiger partial charge in [0.2, 0.25) is 11.8 Å². The highest BCUT2D eigenvalue weighted by molar-refractivity contribution is 5.84. The second kappa shape index (κ2) is 9.15. The summed E-state index contributed by atoms with van der Waals surface area (Å²) in [6, 6.07) is -0.108. The van der Waals surface area contributed by atoms with Crippen molar-refractivity contribution in [2.75, 3.05) is 13.1 Å². The summed E-state index contributed by atoms with van der Waals surface area (Å²) in [4.78, 5) is 22.5. The minimum Gasteiger partial charge on any atom is -0.355 e. The molecule has 5 heteroatoms. The number of carbonyl (C=O) groups excluding carboxylic acids is 2. The molecule has 0 saturated heterocycles. The van der Waals surface area contributed by atoms with Gasteiger partial charge in [0, 0.05) is 19.0 Å². The summed E-state index contributed by atoms with van der Waals surface area (Å²) in [6.45, 7) is 4.68. The molecule has 1 atom stereocenters. The Kier molecular flexibility index (Phi) is 8.52. The van der Waals surface area contributed by atoms with Crippen LogP contribution < -0.4 is 16.4 Å². The first-order valence-electron chi connectivity index (χ1n) is 5.89. The van der Waals surface area contributed by atoms with Gasteiger partial charge in [0.1, 0.15) is 0 Å². The molecule has 0 aromatic heterocycles. The first-order chi connectivity index (χ1) is 7.60. The van der Waals surface area contributed by atoms with E-state index < -0.39 is 0 Å². The van der Waals surface area contributed by atoms with E-state index in [0.717, 1.165) is 19.3 Å². The van der Waals surface area contributed by atoms with Gasteiger partial charge in [-0.15, -0.1) is 0 Å². The van der Waals surface area contributed by atoms with E-state index in [1.807, 2.05) is 13.8 Å². The van der Waals surface area contributed by atoms with Crippen LogP contribution in [0.1, 0.15) is 39.5 Å². The van der Waals surface area contributed by atoms with Crippen LogP contribution in [0.3, 0.4) is 0 Å². The van der Waals surface area contributed by atoms with Gasteiger partial charge in [-0.05, 0) is 12.8 Å². The Morgan fingerprint density at radius 3 is 2.38 bits per heavy atom. The van der Waals surface area contributed by atoms with Gasteiger partial charge in [0.05, 0.1) is 6.54 Å². The van der Waals surface area contributed by atoms with Gasteiger partial charge < -0.3 is 16.4 Å². The van der Waals surface area contributed by atoms with Gasteiger partial charge >= 0.3 is 0 Å². The molecule has 0 aromatic rings. The zero-order valence-corrected chi connectivity index (χ0v) is 10.2. The fourth-order valence-corrected chi connectivity index (χ4v) is 1.29. The largest absolute Gasteiger partial charge is 0.355 e. The lowest BCUT2D eigenvalue weighted by Crippen LogP contribution is -2.39. The lowest BCUT2D eigenvalue weighted by Gasteiger charge is -2.10. The van der Waals surface area contributed by atoms with Gasteiger partial charge in [0.25, 0.3) is 0 Å². The van der Waals surface area contributed by atoms with E-state index >= 15 is 0 Å². The van der Waals surface area contributed by atoms with Crippen LogP contribution in [0.2, 0.25) is 0 Å². The maximum absolute atomic E-state index is 11.3. The SMILES string of the molecule is CCCNC(=O)CNC(=O)CC(N)CCC. The Morgan fingerprint density at radius 2 is 1.81 bits per heavy atom. The van der Waals surface area contributed by atoms with Crippen LogP contribution in [0.5, 0.6) is 0 Å². The fourth-order valence-electron chi connectivity index (χ4n) is 1.29. The quantitative estimate of drug-likeness (QED) is 0.554. The second-order valence-corrected chi connectivity index (χ2v) is 3.88. The smallest absolute Gasteiger partial charge is 0.239 e. The molecule has 0 rings (SSSR count). The molecular weight excluding hydrogens is 206 g/mol. The summed E-state index contributed by atoms with van der Waals surface area (Å²) in [5.41, 5.74) is 5.71. The van der Waals surface area contributed by atoms with E-state index in [2.05, 4.69) is 10.6 Å². The molecule has 5 nitrogen and oxygen atoms in total. The highest BCUT2D eigenvalue weighted by Gasteiger charge is 2.09. The first kappa shape index (κ1) is 14.9. The average molecular weight is 229 g/mol. The summed E-state index contributed by atoms with van der Waals surface area (Å²) >= 11 is 0. The molecule has 1 unspecified atom stereocenters. The molecule has 2 amide bonds. The van der Waals surface area contributed by atoms with Crippen molar-refractivity contribution >= 4 is 11.8 Å². The molecule has 4 N–H and O–H groups in total. The van der Waals surface area contributed by atoms with Gasteiger partial charge in [-0.2, -0.15) is 0 Å². The standard InChI is InChI=1S/C11H23N3O2/c1-3-5-9(12)7-10(15)14-8-11(16)13-6-4-2/h9H,3-8,12H2,1-2H3,(H,13,16)(H,14,15). The fraction of sp³-hybridized carbons (Fsp3) is 0.818. The Bertz CT molecular complexity index is 219. The van der Waals surface area contributed by atoms with E-state index in [1.165, 1.54) is 0 Å². The van der Waals surface area contributed by atoms with E-state index in [4.69, 9.17) is 5.73 Å². The third-order valence-corrected chi connectivity index (χ3v) is 2.13. The summed E-state index contributed by atoms with van der Waals surface area (Å²) in [5.74, 6) is -0.313. The molecule has 94 valence electrons. The summed E-state index contributed by atoms with van der Waals surface area (Å²) in [6.07, 6.45) is 2.97. The summed E-state index contributed by atoms with van der Waals surface area (Å²) in [7, 11) is 0. The molecule has 0 bridgehead atoms. The first-order valence-corrected chi connectivity index (χ1v) is 5.89. The van der Waals surface area contributed by atoms with E-state index in [9.17, 15) is 9.59 Å². The Labute approximate surface area is 97.2 Å². The maximum atomic E-state index is 11.3. The maximum Gasteiger partial charge on any atom is 0.239 e. The predicted octanol–water partition coefficient (Wildman–Crippen LogP) is 0.146. The molecule has 0 saturated carbocycles. The molecule has 0 aromatic carbocycles. The molecule has 0 radical (unpaired) electrons. The molecule has 0 aliphatic rings. The van der Waals surface area contributed by atoms with Crippen molar-refractivity contribution in [3.8, 4) is 0 Å². The van der Waals surface area contributed by atoms with Crippen molar-refractivity contribution in [3.05, 3.63) is 0 Å². The highest BCUT2D eigenvalue weighted by atomic mass is 16.2. The average Bonchev–Trinajstić information content (AvgIpc) is 2.23. The molecule has 0 heterocycles.